The lowest BCUT2D eigenvalue weighted by Gasteiger charge is -2.01. The fraction of sp³-hybridized carbons (Fsp3) is 0. The van der Waals surface area contributed by atoms with E-state index in [0.717, 1.165) is 0 Å². The molecule has 0 aliphatic carbocycles. The number of hydrogen-bond acceptors (Lipinski definition) is 4. The fourth-order valence-corrected chi connectivity index (χ4v) is 1.81. The average molecular weight is 255 g/mol. The Morgan fingerprint density at radius 2 is 2.00 bits per heavy atom. The molecule has 0 saturated carbocycles. The van der Waals surface area contributed by atoms with Gasteiger partial charge in [0, 0.05) is 11.1 Å². The van der Waals surface area contributed by atoms with Crippen molar-refractivity contribution in [2.75, 3.05) is 0 Å². The molecule has 0 fully saturated rings. The Hall–Kier alpha value is -1.25. The summed E-state index contributed by atoms with van der Waals surface area (Å²) in [6.45, 7) is 0. The van der Waals surface area contributed by atoms with Crippen LogP contribution in [-0.4, -0.2) is 13.3 Å². The first kappa shape index (κ1) is 11.8. The van der Waals surface area contributed by atoms with E-state index in [2.05, 4.69) is 5.14 Å². The molecule has 0 aromatic heterocycles. The van der Waals surface area contributed by atoms with Gasteiger partial charge in [-0.25, -0.2) is 13.6 Å². The molecule has 0 unspecified atom stereocenters. The van der Waals surface area contributed by atoms with E-state index in [-0.39, 0.29) is 5.02 Å². The molecule has 0 aliphatic rings. The molecule has 0 bridgehead atoms. The molecule has 1 aromatic rings. The van der Waals surface area contributed by atoms with Crippen LogP contribution in [-0.2, 0) is 10.0 Å². The highest BCUT2D eigenvalue weighted by atomic mass is 35.5. The maximum absolute atomic E-state index is 13.2. The minimum atomic E-state index is -4.38. The molecule has 0 aliphatic heterocycles. The normalized spacial score (nSPS) is 11.4. The summed E-state index contributed by atoms with van der Waals surface area (Å²) in [7, 11) is -4.38. The third kappa shape index (κ3) is 2.41. The third-order valence-electron chi connectivity index (χ3n) is 1.49. The number of rotatable bonds is 2. The molecule has 0 saturated heterocycles. The van der Waals surface area contributed by atoms with E-state index < -0.39 is 31.3 Å². The van der Waals surface area contributed by atoms with Crippen LogP contribution < -0.4 is 5.14 Å². The van der Waals surface area contributed by atoms with Crippen molar-refractivity contribution in [1.82, 2.24) is 0 Å². The topological polar surface area (TPSA) is 103 Å². The average Bonchev–Trinajstić information content (AvgIpc) is 2.06. The van der Waals surface area contributed by atoms with Crippen molar-refractivity contribution >= 4 is 27.3 Å². The molecular weight excluding hydrogens is 251 g/mol. The summed E-state index contributed by atoms with van der Waals surface area (Å²) in [5, 5.41) is 14.7. The van der Waals surface area contributed by atoms with Crippen molar-refractivity contribution in [3.05, 3.63) is 33.1 Å². The SMILES string of the molecule is NS(=O)(=O)c1cc(Cl)cc([N+](=O)[O-])c1F. The maximum Gasteiger partial charge on any atom is 0.307 e. The Kier molecular flexibility index (Phi) is 2.93. The van der Waals surface area contributed by atoms with Crippen LogP contribution in [0.15, 0.2) is 17.0 Å². The zero-order chi connectivity index (χ0) is 11.8. The van der Waals surface area contributed by atoms with E-state index in [1.54, 1.807) is 0 Å². The monoisotopic (exact) mass is 254 g/mol. The first-order chi connectivity index (χ1) is 6.73. The zero-order valence-corrected chi connectivity index (χ0v) is 8.55. The smallest absolute Gasteiger partial charge is 0.258 e. The van der Waals surface area contributed by atoms with E-state index in [1.807, 2.05) is 0 Å². The van der Waals surface area contributed by atoms with Gasteiger partial charge in [-0.2, -0.15) is 4.39 Å². The summed E-state index contributed by atoms with van der Waals surface area (Å²) >= 11 is 5.38. The Labute approximate surface area is 88.7 Å². The van der Waals surface area contributed by atoms with Crippen molar-refractivity contribution in [1.29, 1.82) is 0 Å². The second-order valence-electron chi connectivity index (χ2n) is 2.54. The summed E-state index contributed by atoms with van der Waals surface area (Å²) in [4.78, 5) is 8.24. The van der Waals surface area contributed by atoms with E-state index >= 15 is 0 Å². The maximum atomic E-state index is 13.2. The zero-order valence-electron chi connectivity index (χ0n) is 6.98. The molecule has 1 rings (SSSR count). The standard InChI is InChI=1S/C6H4ClFN2O4S/c7-3-1-4(10(11)12)6(8)5(2-3)15(9,13)14/h1-2H,(H2,9,13,14). The van der Waals surface area contributed by atoms with Gasteiger partial charge in [0.25, 0.3) is 0 Å². The van der Waals surface area contributed by atoms with Crippen LogP contribution in [0.2, 0.25) is 5.02 Å². The van der Waals surface area contributed by atoms with Crippen LogP contribution in [0.3, 0.4) is 0 Å². The van der Waals surface area contributed by atoms with Crippen LogP contribution in [0.1, 0.15) is 0 Å². The summed E-state index contributed by atoms with van der Waals surface area (Å²) in [6.07, 6.45) is 0. The predicted octanol–water partition coefficient (Wildman–Crippen LogP) is 1.03. The molecule has 9 heteroatoms. The molecule has 0 amide bonds. The minimum absolute atomic E-state index is 0.285. The second-order valence-corrected chi connectivity index (χ2v) is 4.51. The van der Waals surface area contributed by atoms with E-state index in [9.17, 15) is 22.9 Å². The van der Waals surface area contributed by atoms with Crippen LogP contribution >= 0.6 is 11.6 Å². The van der Waals surface area contributed by atoms with Gasteiger partial charge in [0.1, 0.15) is 4.90 Å². The van der Waals surface area contributed by atoms with E-state index in [4.69, 9.17) is 11.6 Å². The van der Waals surface area contributed by atoms with Crippen LogP contribution in [0.4, 0.5) is 10.1 Å². The first-order valence-electron chi connectivity index (χ1n) is 3.39. The number of nitrogens with zero attached hydrogens (tertiary/aromatic N) is 1. The number of nitro benzene ring substituents is 1. The van der Waals surface area contributed by atoms with Crippen LogP contribution in [0.5, 0.6) is 0 Å². The van der Waals surface area contributed by atoms with Crippen molar-refractivity contribution in [2.24, 2.45) is 5.14 Å². The fourth-order valence-electron chi connectivity index (χ4n) is 0.890. The van der Waals surface area contributed by atoms with E-state index in [0.29, 0.717) is 12.1 Å². The number of sulfonamides is 1. The summed E-state index contributed by atoms with van der Waals surface area (Å²) in [5.74, 6) is -1.52. The van der Waals surface area contributed by atoms with Gasteiger partial charge in [-0.15, -0.1) is 0 Å². The molecular formula is C6H4ClFN2O4S. The third-order valence-corrected chi connectivity index (χ3v) is 2.62. The van der Waals surface area contributed by atoms with Gasteiger partial charge in [0.15, 0.2) is 0 Å². The lowest BCUT2D eigenvalue weighted by atomic mass is 10.3. The Morgan fingerprint density at radius 3 is 2.40 bits per heavy atom. The molecule has 2 N–H and O–H groups in total. The Bertz CT molecular complexity index is 530. The van der Waals surface area contributed by atoms with E-state index in [1.165, 1.54) is 0 Å². The number of nitro groups is 1. The lowest BCUT2D eigenvalue weighted by Crippen LogP contribution is -2.15. The summed E-state index contributed by atoms with van der Waals surface area (Å²) < 4.78 is 34.9. The van der Waals surface area contributed by atoms with Gasteiger partial charge in [-0.05, 0) is 6.07 Å². The molecule has 0 atom stereocenters. The van der Waals surface area contributed by atoms with Crippen molar-refractivity contribution in [2.45, 2.75) is 4.90 Å². The number of halogens is 2. The quantitative estimate of drug-likeness (QED) is 0.629. The van der Waals surface area contributed by atoms with Crippen molar-refractivity contribution in [3.63, 3.8) is 0 Å². The molecule has 82 valence electrons. The van der Waals surface area contributed by atoms with Gasteiger partial charge in [-0.3, -0.25) is 10.1 Å². The molecule has 1 aromatic carbocycles. The van der Waals surface area contributed by atoms with Crippen LogP contribution in [0.25, 0.3) is 0 Å². The Morgan fingerprint density at radius 1 is 1.47 bits per heavy atom. The Balaban J connectivity index is 3.63. The van der Waals surface area contributed by atoms with Gasteiger partial charge in [-0.1, -0.05) is 11.6 Å². The first-order valence-corrected chi connectivity index (χ1v) is 5.32. The molecule has 0 heterocycles. The highest BCUT2D eigenvalue weighted by molar-refractivity contribution is 7.89. The van der Waals surface area contributed by atoms with Gasteiger partial charge in [0.05, 0.1) is 4.92 Å². The second kappa shape index (κ2) is 3.72. The van der Waals surface area contributed by atoms with Crippen molar-refractivity contribution in [3.8, 4) is 0 Å². The number of primary sulfonamides is 1. The van der Waals surface area contributed by atoms with Gasteiger partial charge in [0.2, 0.25) is 15.8 Å². The lowest BCUT2D eigenvalue weighted by molar-refractivity contribution is -0.387. The highest BCUT2D eigenvalue weighted by Crippen LogP contribution is 2.27. The number of benzene rings is 1. The molecule has 15 heavy (non-hydrogen) atoms. The van der Waals surface area contributed by atoms with Crippen LogP contribution in [0, 0.1) is 15.9 Å². The number of nitrogens with two attached hydrogens (primary N) is 1. The van der Waals surface area contributed by atoms with Crippen molar-refractivity contribution < 1.29 is 17.7 Å². The molecule has 0 spiro atoms. The molecule has 0 radical (unpaired) electrons. The summed E-state index contributed by atoms with van der Waals surface area (Å²) in [6, 6.07) is 1.41. The minimum Gasteiger partial charge on any atom is -0.258 e. The largest absolute Gasteiger partial charge is 0.307 e. The summed E-state index contributed by atoms with van der Waals surface area (Å²) in [5.41, 5.74) is -1.04. The number of hydrogen-bond donors (Lipinski definition) is 1. The predicted molar refractivity (Wildman–Crippen MR) is 49.4 cm³/mol. The van der Waals surface area contributed by atoms with Gasteiger partial charge >= 0.3 is 5.69 Å². The highest BCUT2D eigenvalue weighted by Gasteiger charge is 2.25. The molecule has 6 nitrogen and oxygen atoms in total. The van der Waals surface area contributed by atoms with Gasteiger partial charge < -0.3 is 0 Å².